The number of esters is 1. The summed E-state index contributed by atoms with van der Waals surface area (Å²) in [4.78, 5) is 55.6. The number of ether oxygens (including phenoxy) is 1. The Morgan fingerprint density at radius 2 is 1.69 bits per heavy atom. The number of allylic oxidation sites excluding steroid dienone is 2. The largest absolute Gasteiger partial charge is 0.463 e. The van der Waals surface area contributed by atoms with Crippen molar-refractivity contribution < 1.29 is 29.0 Å². The summed E-state index contributed by atoms with van der Waals surface area (Å²) in [5, 5.41) is 17.3. The zero-order valence-corrected chi connectivity index (χ0v) is 27.5. The van der Waals surface area contributed by atoms with Gasteiger partial charge in [-0.25, -0.2) is 0 Å². The molecule has 4 atom stereocenters. The van der Waals surface area contributed by atoms with Crippen molar-refractivity contribution in [3.8, 4) is 0 Å². The molecule has 1 aliphatic heterocycles. The van der Waals surface area contributed by atoms with Crippen LogP contribution in [0.1, 0.15) is 50.5 Å². The number of anilines is 1. The normalized spacial score (nSPS) is 16.0. The van der Waals surface area contributed by atoms with Gasteiger partial charge >= 0.3 is 5.97 Å². The summed E-state index contributed by atoms with van der Waals surface area (Å²) in [6, 6.07) is 21.4. The van der Waals surface area contributed by atoms with Crippen LogP contribution in [0.3, 0.4) is 0 Å². The third kappa shape index (κ3) is 10.4. The summed E-state index contributed by atoms with van der Waals surface area (Å²) in [6.07, 6.45) is 7.54. The average molecular weight is 654 g/mol. The Kier molecular flexibility index (Phi) is 13.9. The number of fused-ring (bicyclic) bond motifs is 1. The van der Waals surface area contributed by atoms with Gasteiger partial charge in [0.15, 0.2) is 0 Å². The molecule has 4 unspecified atom stereocenters. The lowest BCUT2D eigenvalue weighted by Crippen LogP contribution is -2.50. The van der Waals surface area contributed by atoms with Gasteiger partial charge in [-0.1, -0.05) is 72.8 Å². The monoisotopic (exact) mass is 653 g/mol. The molecule has 9 heteroatoms. The molecule has 0 radical (unpaired) electrons. The number of hydrogen-bond acceptors (Lipinski definition) is 6. The standard InChI is InChI=1S/C39H47N3O6/c1-3-5-7-18-32(23-28-14-8-6-9-15-28)39(47)48-27-35(38(46)40-33-21-20-29-16-10-11-17-30(29)24-33)41-37(45)31(13-4-2)25-36(44)42-22-12-19-34(42)26-43/h3-4,6,8-11,14-17,20-21,24,31-32,34-35,43H,1-2,5,7,12-13,18-19,22-23,25-27H2,(H,40,46)(H,41,45). The quantitative estimate of drug-likeness (QED) is 0.0935. The Morgan fingerprint density at radius 3 is 2.42 bits per heavy atom. The topological polar surface area (TPSA) is 125 Å². The molecule has 254 valence electrons. The molecule has 1 saturated heterocycles. The van der Waals surface area contributed by atoms with Gasteiger partial charge in [0.1, 0.15) is 12.6 Å². The number of nitrogens with zero attached hydrogens (tertiary/aromatic N) is 1. The minimum absolute atomic E-state index is 0.102. The van der Waals surface area contributed by atoms with Crippen LogP contribution in [-0.2, 0) is 30.3 Å². The van der Waals surface area contributed by atoms with Gasteiger partial charge in [0.05, 0.1) is 24.5 Å². The van der Waals surface area contributed by atoms with Crippen LogP contribution in [0.15, 0.2) is 98.1 Å². The van der Waals surface area contributed by atoms with E-state index in [4.69, 9.17) is 4.74 Å². The lowest BCUT2D eigenvalue weighted by Gasteiger charge is -2.26. The molecule has 9 nitrogen and oxygen atoms in total. The molecule has 0 aliphatic carbocycles. The number of rotatable bonds is 18. The Balaban J connectivity index is 1.51. The maximum Gasteiger partial charge on any atom is 0.309 e. The van der Waals surface area contributed by atoms with Gasteiger partial charge in [-0.05, 0) is 73.4 Å². The van der Waals surface area contributed by atoms with Gasteiger partial charge < -0.3 is 25.4 Å². The maximum atomic E-state index is 13.7. The highest BCUT2D eigenvalue weighted by atomic mass is 16.5. The van der Waals surface area contributed by atoms with Crippen molar-refractivity contribution in [2.75, 3.05) is 25.1 Å². The van der Waals surface area contributed by atoms with E-state index in [0.717, 1.165) is 35.6 Å². The van der Waals surface area contributed by atoms with Gasteiger partial charge in [0.2, 0.25) is 11.8 Å². The second kappa shape index (κ2) is 18.5. The number of nitrogens with one attached hydrogen (secondary N) is 2. The van der Waals surface area contributed by atoms with Crippen LogP contribution in [0.5, 0.6) is 0 Å². The Hall–Kier alpha value is -4.76. The number of carbonyl (C=O) groups is 4. The van der Waals surface area contributed by atoms with E-state index in [9.17, 15) is 24.3 Å². The van der Waals surface area contributed by atoms with E-state index >= 15 is 0 Å². The summed E-state index contributed by atoms with van der Waals surface area (Å²) in [5.74, 6) is -3.02. The molecule has 3 N–H and O–H groups in total. The molecule has 0 bridgehead atoms. The third-order valence-electron chi connectivity index (χ3n) is 8.81. The number of carbonyl (C=O) groups excluding carboxylic acids is 4. The predicted molar refractivity (Wildman–Crippen MR) is 188 cm³/mol. The number of benzene rings is 3. The molecular weight excluding hydrogens is 606 g/mol. The van der Waals surface area contributed by atoms with Crippen LogP contribution in [-0.4, -0.2) is 65.5 Å². The van der Waals surface area contributed by atoms with Crippen molar-refractivity contribution in [3.05, 3.63) is 104 Å². The highest BCUT2D eigenvalue weighted by Crippen LogP contribution is 2.23. The summed E-state index contributed by atoms with van der Waals surface area (Å²) in [7, 11) is 0. The lowest BCUT2D eigenvalue weighted by atomic mass is 9.94. The molecule has 1 aliphatic rings. The van der Waals surface area contributed by atoms with E-state index in [1.54, 1.807) is 17.0 Å². The van der Waals surface area contributed by atoms with Crippen molar-refractivity contribution in [2.45, 2.75) is 63.5 Å². The van der Waals surface area contributed by atoms with Crippen LogP contribution in [0.25, 0.3) is 10.8 Å². The van der Waals surface area contributed by atoms with Crippen molar-refractivity contribution in [1.29, 1.82) is 0 Å². The molecule has 0 saturated carbocycles. The molecule has 0 spiro atoms. The Labute approximate surface area is 283 Å². The molecular formula is C39H47N3O6. The first kappa shape index (κ1) is 36.1. The lowest BCUT2D eigenvalue weighted by molar-refractivity contribution is -0.151. The van der Waals surface area contributed by atoms with Crippen LogP contribution >= 0.6 is 0 Å². The minimum Gasteiger partial charge on any atom is -0.463 e. The van der Waals surface area contributed by atoms with Crippen LogP contribution in [0, 0.1) is 11.8 Å². The summed E-state index contributed by atoms with van der Waals surface area (Å²) < 4.78 is 5.77. The molecule has 0 aromatic heterocycles. The first-order chi connectivity index (χ1) is 23.3. The zero-order valence-electron chi connectivity index (χ0n) is 27.5. The van der Waals surface area contributed by atoms with E-state index in [2.05, 4.69) is 23.8 Å². The first-order valence-electron chi connectivity index (χ1n) is 16.8. The van der Waals surface area contributed by atoms with Crippen molar-refractivity contribution >= 4 is 40.2 Å². The molecule has 3 amide bonds. The van der Waals surface area contributed by atoms with Crippen LogP contribution < -0.4 is 10.6 Å². The van der Waals surface area contributed by atoms with E-state index < -0.39 is 35.7 Å². The number of amides is 3. The molecule has 3 aromatic rings. The summed E-state index contributed by atoms with van der Waals surface area (Å²) in [6.45, 7) is 7.54. The van der Waals surface area contributed by atoms with Crippen molar-refractivity contribution in [3.63, 3.8) is 0 Å². The van der Waals surface area contributed by atoms with Gasteiger partial charge in [-0.2, -0.15) is 0 Å². The maximum absolute atomic E-state index is 13.7. The number of hydrogen-bond donors (Lipinski definition) is 3. The van der Waals surface area contributed by atoms with E-state index in [1.165, 1.54) is 0 Å². The van der Waals surface area contributed by atoms with Crippen LogP contribution in [0.2, 0.25) is 0 Å². The van der Waals surface area contributed by atoms with Crippen molar-refractivity contribution in [1.82, 2.24) is 10.2 Å². The molecule has 3 aromatic carbocycles. The molecule has 48 heavy (non-hydrogen) atoms. The number of unbranched alkanes of at least 4 members (excludes halogenated alkanes) is 1. The fourth-order valence-corrected chi connectivity index (χ4v) is 6.13. The third-order valence-corrected chi connectivity index (χ3v) is 8.81. The summed E-state index contributed by atoms with van der Waals surface area (Å²) >= 11 is 0. The van der Waals surface area contributed by atoms with E-state index in [1.807, 2.05) is 72.8 Å². The van der Waals surface area contributed by atoms with Crippen LogP contribution in [0.4, 0.5) is 5.69 Å². The van der Waals surface area contributed by atoms with Gasteiger partial charge in [0, 0.05) is 18.7 Å². The van der Waals surface area contributed by atoms with Gasteiger partial charge in [-0.15, -0.1) is 13.2 Å². The number of likely N-dealkylation sites (tertiary alicyclic amines) is 1. The van der Waals surface area contributed by atoms with Crippen molar-refractivity contribution in [2.24, 2.45) is 11.8 Å². The second-order valence-electron chi connectivity index (χ2n) is 12.3. The average Bonchev–Trinajstić information content (AvgIpc) is 3.59. The minimum atomic E-state index is -1.22. The fourth-order valence-electron chi connectivity index (χ4n) is 6.13. The Morgan fingerprint density at radius 1 is 0.938 bits per heavy atom. The summed E-state index contributed by atoms with van der Waals surface area (Å²) in [5.41, 5.74) is 1.52. The highest BCUT2D eigenvalue weighted by Gasteiger charge is 2.33. The molecule has 1 heterocycles. The smallest absolute Gasteiger partial charge is 0.309 e. The zero-order chi connectivity index (χ0) is 34.3. The highest BCUT2D eigenvalue weighted by molar-refractivity contribution is 5.99. The Bertz CT molecular complexity index is 1560. The molecule has 1 fully saturated rings. The molecule has 4 rings (SSSR count). The number of aliphatic hydroxyl groups excluding tert-OH is 1. The SMILES string of the molecule is C=CCCCC(Cc1ccccc1)C(=O)OCC(NC(=O)C(CC=C)CC(=O)N1CCCC1CO)C(=O)Nc1ccc2ccccc2c1. The second-order valence-corrected chi connectivity index (χ2v) is 12.3. The fraction of sp³-hybridized carbons (Fsp3) is 0.385. The number of aliphatic hydroxyl groups is 1. The predicted octanol–water partition coefficient (Wildman–Crippen LogP) is 5.59. The van der Waals surface area contributed by atoms with E-state index in [0.29, 0.717) is 31.5 Å². The van der Waals surface area contributed by atoms with Gasteiger partial charge in [-0.3, -0.25) is 19.2 Å². The first-order valence-corrected chi connectivity index (χ1v) is 16.8. The van der Waals surface area contributed by atoms with E-state index in [-0.39, 0.29) is 38.0 Å². The van der Waals surface area contributed by atoms with Gasteiger partial charge in [0.25, 0.3) is 5.91 Å².